The fourth-order valence-corrected chi connectivity index (χ4v) is 2.97. The van der Waals surface area contributed by atoms with Gasteiger partial charge < -0.3 is 10.6 Å². The van der Waals surface area contributed by atoms with Crippen LogP contribution < -0.4 is 10.6 Å². The number of rotatable bonds is 2. The second-order valence-electron chi connectivity index (χ2n) is 5.05. The molecule has 0 saturated carbocycles. The Labute approximate surface area is 118 Å². The van der Waals surface area contributed by atoms with Crippen LogP contribution >= 0.6 is 11.6 Å². The molecular formula is C16H17ClN2. The summed E-state index contributed by atoms with van der Waals surface area (Å²) in [6.45, 7) is 2.07. The van der Waals surface area contributed by atoms with Gasteiger partial charge in [0.2, 0.25) is 0 Å². The smallest absolute Gasteiger partial charge is 0.0601 e. The summed E-state index contributed by atoms with van der Waals surface area (Å²) in [7, 11) is 0. The zero-order valence-corrected chi connectivity index (χ0v) is 11.5. The molecule has 1 heterocycles. The predicted molar refractivity (Wildman–Crippen MR) is 81.9 cm³/mol. The zero-order chi connectivity index (χ0) is 13.2. The fraction of sp³-hybridized carbons (Fsp3) is 0.250. The maximum atomic E-state index is 6.06. The van der Waals surface area contributed by atoms with E-state index in [1.165, 1.54) is 12.0 Å². The normalized spacial score (nSPS) is 18.8. The summed E-state index contributed by atoms with van der Waals surface area (Å²) in [5.74, 6) is 0.594. The van der Waals surface area contributed by atoms with E-state index in [9.17, 15) is 0 Å². The maximum Gasteiger partial charge on any atom is 0.0601 e. The van der Waals surface area contributed by atoms with Crippen molar-refractivity contribution in [3.05, 3.63) is 59.1 Å². The van der Waals surface area contributed by atoms with E-state index >= 15 is 0 Å². The Balaban J connectivity index is 1.79. The van der Waals surface area contributed by atoms with Gasteiger partial charge in [0.15, 0.2) is 0 Å². The van der Waals surface area contributed by atoms with Gasteiger partial charge in [0.25, 0.3) is 0 Å². The molecule has 19 heavy (non-hydrogen) atoms. The van der Waals surface area contributed by atoms with Crippen molar-refractivity contribution in [2.45, 2.75) is 12.3 Å². The lowest BCUT2D eigenvalue weighted by Gasteiger charge is -2.21. The molecule has 0 amide bonds. The van der Waals surface area contributed by atoms with E-state index in [1.54, 1.807) is 0 Å². The average Bonchev–Trinajstić information content (AvgIpc) is 2.89. The Bertz CT molecular complexity index is 568. The molecule has 2 nitrogen and oxygen atoms in total. The summed E-state index contributed by atoms with van der Waals surface area (Å²) >= 11 is 5.95. The molecule has 2 N–H and O–H groups in total. The van der Waals surface area contributed by atoms with Crippen LogP contribution in [0.25, 0.3) is 0 Å². The molecule has 2 aromatic rings. The van der Waals surface area contributed by atoms with Crippen LogP contribution in [0.1, 0.15) is 17.9 Å². The molecule has 3 heteroatoms. The van der Waals surface area contributed by atoms with Crippen molar-refractivity contribution >= 4 is 23.0 Å². The Kier molecular flexibility index (Phi) is 3.34. The van der Waals surface area contributed by atoms with Gasteiger partial charge in [0.05, 0.1) is 11.4 Å². The number of nitrogens with two attached hydrogens (primary N) is 1. The first kappa shape index (κ1) is 12.4. The first-order valence-corrected chi connectivity index (χ1v) is 6.97. The van der Waals surface area contributed by atoms with Crippen molar-refractivity contribution in [1.82, 2.24) is 0 Å². The van der Waals surface area contributed by atoms with E-state index in [2.05, 4.69) is 35.2 Å². The van der Waals surface area contributed by atoms with E-state index in [0.717, 1.165) is 24.5 Å². The van der Waals surface area contributed by atoms with Gasteiger partial charge in [-0.1, -0.05) is 41.9 Å². The first-order valence-electron chi connectivity index (χ1n) is 6.59. The first-order chi connectivity index (χ1) is 9.24. The molecular weight excluding hydrogens is 256 g/mol. The Morgan fingerprint density at radius 3 is 2.63 bits per heavy atom. The van der Waals surface area contributed by atoms with Gasteiger partial charge >= 0.3 is 0 Å². The van der Waals surface area contributed by atoms with Crippen LogP contribution in [0.4, 0.5) is 11.4 Å². The molecule has 0 aromatic heterocycles. The second kappa shape index (κ2) is 5.14. The van der Waals surface area contributed by atoms with Crippen LogP contribution in [0.3, 0.4) is 0 Å². The maximum absolute atomic E-state index is 6.06. The number of hydrogen-bond acceptors (Lipinski definition) is 2. The summed E-state index contributed by atoms with van der Waals surface area (Å²) < 4.78 is 0. The lowest BCUT2D eigenvalue weighted by Crippen LogP contribution is -2.20. The number of anilines is 2. The highest BCUT2D eigenvalue weighted by Gasteiger charge is 2.24. The quantitative estimate of drug-likeness (QED) is 0.840. The van der Waals surface area contributed by atoms with Gasteiger partial charge in [0, 0.05) is 24.0 Å². The fourth-order valence-electron chi connectivity index (χ4n) is 2.79. The molecule has 98 valence electrons. The third kappa shape index (κ3) is 2.54. The summed E-state index contributed by atoms with van der Waals surface area (Å²) in [6, 6.07) is 16.4. The van der Waals surface area contributed by atoms with Crippen molar-refractivity contribution in [2.24, 2.45) is 0 Å². The molecule has 1 aliphatic heterocycles. The second-order valence-corrected chi connectivity index (χ2v) is 5.48. The summed E-state index contributed by atoms with van der Waals surface area (Å²) in [4.78, 5) is 2.35. The molecule has 0 radical (unpaired) electrons. The number of nitrogens with zero attached hydrogens (tertiary/aromatic N) is 1. The van der Waals surface area contributed by atoms with Gasteiger partial charge in [-0.25, -0.2) is 0 Å². The van der Waals surface area contributed by atoms with Crippen LogP contribution in [0.15, 0.2) is 48.5 Å². The minimum Gasteiger partial charge on any atom is -0.397 e. The SMILES string of the molecule is Nc1cc(Cl)ccc1N1CCC(c2ccccc2)C1. The van der Waals surface area contributed by atoms with Crippen molar-refractivity contribution in [1.29, 1.82) is 0 Å². The molecule has 1 unspecified atom stereocenters. The molecule has 2 aromatic carbocycles. The van der Waals surface area contributed by atoms with Crippen LogP contribution in [-0.4, -0.2) is 13.1 Å². The highest BCUT2D eigenvalue weighted by Crippen LogP contribution is 2.34. The number of benzene rings is 2. The van der Waals surface area contributed by atoms with Crippen molar-refractivity contribution in [3.8, 4) is 0 Å². The minimum atomic E-state index is 0.594. The molecule has 1 aliphatic rings. The summed E-state index contributed by atoms with van der Waals surface area (Å²) in [6.07, 6.45) is 1.17. The molecule has 1 fully saturated rings. The van der Waals surface area contributed by atoms with Crippen LogP contribution in [0, 0.1) is 0 Å². The van der Waals surface area contributed by atoms with E-state index in [-0.39, 0.29) is 0 Å². The lowest BCUT2D eigenvalue weighted by atomic mass is 9.99. The molecule has 3 rings (SSSR count). The standard InChI is InChI=1S/C16H17ClN2/c17-14-6-7-16(15(18)10-14)19-9-8-13(11-19)12-4-2-1-3-5-12/h1-7,10,13H,8-9,11,18H2. The van der Waals surface area contributed by atoms with Gasteiger partial charge in [0.1, 0.15) is 0 Å². The third-order valence-electron chi connectivity index (χ3n) is 3.79. The Hall–Kier alpha value is -1.67. The number of hydrogen-bond donors (Lipinski definition) is 1. The number of nitrogen functional groups attached to an aromatic ring is 1. The Morgan fingerprint density at radius 1 is 1.11 bits per heavy atom. The van der Waals surface area contributed by atoms with Gasteiger partial charge in [-0.05, 0) is 30.2 Å². The third-order valence-corrected chi connectivity index (χ3v) is 4.02. The lowest BCUT2D eigenvalue weighted by molar-refractivity contribution is 0.775. The molecule has 0 bridgehead atoms. The van der Waals surface area contributed by atoms with Crippen LogP contribution in [-0.2, 0) is 0 Å². The van der Waals surface area contributed by atoms with Crippen LogP contribution in [0.5, 0.6) is 0 Å². The highest BCUT2D eigenvalue weighted by atomic mass is 35.5. The van der Waals surface area contributed by atoms with Crippen LogP contribution in [0.2, 0.25) is 5.02 Å². The van der Waals surface area contributed by atoms with Crippen molar-refractivity contribution in [2.75, 3.05) is 23.7 Å². The largest absolute Gasteiger partial charge is 0.397 e. The van der Waals surface area contributed by atoms with E-state index < -0.39 is 0 Å². The van der Waals surface area contributed by atoms with Gasteiger partial charge in [-0.15, -0.1) is 0 Å². The van der Waals surface area contributed by atoms with E-state index in [0.29, 0.717) is 10.9 Å². The predicted octanol–water partition coefficient (Wildman–Crippen LogP) is 3.92. The van der Waals surface area contributed by atoms with E-state index in [1.807, 2.05) is 18.2 Å². The minimum absolute atomic E-state index is 0.594. The monoisotopic (exact) mass is 272 g/mol. The molecule has 1 saturated heterocycles. The summed E-state index contributed by atoms with van der Waals surface area (Å²) in [5, 5.41) is 0.694. The topological polar surface area (TPSA) is 29.3 Å². The summed E-state index contributed by atoms with van der Waals surface area (Å²) in [5.41, 5.74) is 9.34. The molecule has 0 aliphatic carbocycles. The number of halogens is 1. The van der Waals surface area contributed by atoms with Gasteiger partial charge in [-0.3, -0.25) is 0 Å². The van der Waals surface area contributed by atoms with Crippen molar-refractivity contribution < 1.29 is 0 Å². The van der Waals surface area contributed by atoms with Crippen molar-refractivity contribution in [3.63, 3.8) is 0 Å². The molecule has 0 spiro atoms. The average molecular weight is 273 g/mol. The zero-order valence-electron chi connectivity index (χ0n) is 10.7. The Morgan fingerprint density at radius 2 is 1.89 bits per heavy atom. The highest BCUT2D eigenvalue weighted by molar-refractivity contribution is 6.31. The van der Waals surface area contributed by atoms with E-state index in [4.69, 9.17) is 17.3 Å². The molecule has 1 atom stereocenters. The van der Waals surface area contributed by atoms with Gasteiger partial charge in [-0.2, -0.15) is 0 Å².